The molecule has 0 saturated carbocycles. The van der Waals surface area contributed by atoms with Crippen molar-refractivity contribution in [2.45, 2.75) is 6.92 Å². The molecule has 0 aliphatic rings. The summed E-state index contributed by atoms with van der Waals surface area (Å²) in [5.74, 6) is 0.346. The van der Waals surface area contributed by atoms with E-state index in [0.717, 1.165) is 16.9 Å². The zero-order valence-corrected chi connectivity index (χ0v) is 12.5. The van der Waals surface area contributed by atoms with Gasteiger partial charge in [0.15, 0.2) is 6.61 Å². The van der Waals surface area contributed by atoms with E-state index in [2.05, 4.69) is 20.8 Å². The zero-order chi connectivity index (χ0) is 16.1. The maximum absolute atomic E-state index is 11.9. The molecule has 0 atom stereocenters. The number of nitrogens with zero attached hydrogens (tertiary/aromatic N) is 4. The summed E-state index contributed by atoms with van der Waals surface area (Å²) in [5, 5.41) is 13.8. The Balaban J connectivity index is 1.58. The molecule has 0 saturated heterocycles. The lowest BCUT2D eigenvalue weighted by molar-refractivity contribution is -0.118. The number of carbonyl (C=O) groups excluding carboxylic acids is 1. The topological polar surface area (TPSA) is 81.9 Å². The highest BCUT2D eigenvalue weighted by molar-refractivity contribution is 5.91. The summed E-state index contributed by atoms with van der Waals surface area (Å²) in [4.78, 5) is 11.9. The van der Waals surface area contributed by atoms with Crippen molar-refractivity contribution in [1.82, 2.24) is 20.2 Å². The fourth-order valence-electron chi connectivity index (χ4n) is 1.98. The molecule has 1 aromatic heterocycles. The Morgan fingerprint density at radius 2 is 2.04 bits per heavy atom. The van der Waals surface area contributed by atoms with Crippen molar-refractivity contribution in [2.24, 2.45) is 0 Å². The third-order valence-corrected chi connectivity index (χ3v) is 3.14. The van der Waals surface area contributed by atoms with Crippen molar-refractivity contribution in [3.63, 3.8) is 0 Å². The molecule has 7 nitrogen and oxygen atoms in total. The average Bonchev–Trinajstić information content (AvgIpc) is 3.10. The summed E-state index contributed by atoms with van der Waals surface area (Å²) in [5.41, 5.74) is 2.64. The summed E-state index contributed by atoms with van der Waals surface area (Å²) in [6.07, 6.45) is 1.49. The number of ether oxygens (including phenoxy) is 1. The predicted octanol–water partition coefficient (Wildman–Crippen LogP) is 1.99. The van der Waals surface area contributed by atoms with Gasteiger partial charge in [0, 0.05) is 11.8 Å². The Bertz CT molecular complexity index is 784. The number of carbonyl (C=O) groups is 1. The van der Waals surface area contributed by atoms with Crippen LogP contribution in [0.2, 0.25) is 0 Å². The van der Waals surface area contributed by atoms with Crippen molar-refractivity contribution in [3.8, 4) is 11.4 Å². The fourth-order valence-corrected chi connectivity index (χ4v) is 1.98. The minimum Gasteiger partial charge on any atom is -0.484 e. The summed E-state index contributed by atoms with van der Waals surface area (Å²) >= 11 is 0. The van der Waals surface area contributed by atoms with Crippen LogP contribution in [0.15, 0.2) is 54.9 Å². The Morgan fingerprint density at radius 1 is 1.22 bits per heavy atom. The third kappa shape index (κ3) is 3.91. The van der Waals surface area contributed by atoms with Crippen LogP contribution < -0.4 is 10.1 Å². The lowest BCUT2D eigenvalue weighted by Crippen LogP contribution is -2.20. The molecule has 1 heterocycles. The van der Waals surface area contributed by atoms with Gasteiger partial charge in [0.2, 0.25) is 0 Å². The lowest BCUT2D eigenvalue weighted by Gasteiger charge is -2.08. The lowest BCUT2D eigenvalue weighted by atomic mass is 10.2. The number of anilines is 1. The molecule has 0 aliphatic carbocycles. The summed E-state index contributed by atoms with van der Waals surface area (Å²) in [6.45, 7) is 1.92. The van der Waals surface area contributed by atoms with Gasteiger partial charge in [-0.25, -0.2) is 4.68 Å². The van der Waals surface area contributed by atoms with E-state index in [4.69, 9.17) is 4.74 Å². The average molecular weight is 309 g/mol. The summed E-state index contributed by atoms with van der Waals surface area (Å²) in [7, 11) is 0. The number of rotatable bonds is 5. The predicted molar refractivity (Wildman–Crippen MR) is 84.5 cm³/mol. The Labute approximate surface area is 132 Å². The molecule has 0 fully saturated rings. The number of hydrogen-bond acceptors (Lipinski definition) is 5. The monoisotopic (exact) mass is 309 g/mol. The van der Waals surface area contributed by atoms with Crippen LogP contribution in [0.1, 0.15) is 5.56 Å². The quantitative estimate of drug-likeness (QED) is 0.779. The summed E-state index contributed by atoms with van der Waals surface area (Å²) < 4.78 is 7.02. The largest absolute Gasteiger partial charge is 0.484 e. The number of nitrogens with one attached hydrogen (secondary N) is 1. The highest BCUT2D eigenvalue weighted by Gasteiger charge is 2.05. The Kier molecular flexibility index (Phi) is 4.28. The van der Waals surface area contributed by atoms with E-state index in [1.165, 1.54) is 11.0 Å². The molecule has 0 aliphatic heterocycles. The molecule has 0 bridgehead atoms. The first-order valence-corrected chi connectivity index (χ1v) is 7.03. The maximum atomic E-state index is 11.9. The second kappa shape index (κ2) is 6.69. The fraction of sp³-hybridized carbons (Fsp3) is 0.125. The summed E-state index contributed by atoms with van der Waals surface area (Å²) in [6, 6.07) is 14.8. The molecule has 1 N–H and O–H groups in total. The molecule has 3 rings (SSSR count). The van der Waals surface area contributed by atoms with Crippen molar-refractivity contribution in [3.05, 3.63) is 60.4 Å². The van der Waals surface area contributed by atoms with Gasteiger partial charge in [0.25, 0.3) is 5.91 Å². The van der Waals surface area contributed by atoms with Gasteiger partial charge in [-0.15, -0.1) is 5.10 Å². The van der Waals surface area contributed by atoms with Gasteiger partial charge in [-0.2, -0.15) is 0 Å². The number of tetrazole rings is 1. The molecule has 1 amide bonds. The first-order valence-electron chi connectivity index (χ1n) is 7.03. The van der Waals surface area contributed by atoms with Gasteiger partial charge >= 0.3 is 0 Å². The molecule has 116 valence electrons. The minimum atomic E-state index is -0.221. The second-order valence-corrected chi connectivity index (χ2v) is 4.95. The first kappa shape index (κ1) is 14.7. The number of aryl methyl sites for hydroxylation is 1. The van der Waals surface area contributed by atoms with E-state index < -0.39 is 0 Å². The van der Waals surface area contributed by atoms with Gasteiger partial charge in [-0.05, 0) is 41.6 Å². The Hall–Kier alpha value is -3.22. The van der Waals surface area contributed by atoms with Crippen LogP contribution in [0.3, 0.4) is 0 Å². The van der Waals surface area contributed by atoms with E-state index in [-0.39, 0.29) is 12.5 Å². The zero-order valence-electron chi connectivity index (χ0n) is 12.5. The number of hydrogen-bond donors (Lipinski definition) is 1. The number of benzene rings is 2. The van der Waals surface area contributed by atoms with Crippen LogP contribution in [0.5, 0.6) is 5.75 Å². The van der Waals surface area contributed by atoms with E-state index in [9.17, 15) is 4.79 Å². The first-order chi connectivity index (χ1) is 11.2. The van der Waals surface area contributed by atoms with Crippen LogP contribution in [-0.4, -0.2) is 32.7 Å². The van der Waals surface area contributed by atoms with Crippen molar-refractivity contribution >= 4 is 11.6 Å². The molecule has 2 aromatic carbocycles. The Morgan fingerprint density at radius 3 is 2.78 bits per heavy atom. The standard InChI is InChI=1S/C16H15N5O2/c1-12-5-7-13(8-6-12)18-16(22)10-23-15-4-2-3-14(9-15)21-11-17-19-20-21/h2-9,11H,10H2,1H3,(H,18,22). The van der Waals surface area contributed by atoms with Crippen molar-refractivity contribution < 1.29 is 9.53 Å². The molecular formula is C16H15N5O2. The van der Waals surface area contributed by atoms with Crippen LogP contribution >= 0.6 is 0 Å². The van der Waals surface area contributed by atoms with Crippen LogP contribution in [0, 0.1) is 6.92 Å². The molecular weight excluding hydrogens is 294 g/mol. The van der Waals surface area contributed by atoms with E-state index in [0.29, 0.717) is 5.75 Å². The van der Waals surface area contributed by atoms with Crippen molar-refractivity contribution in [1.29, 1.82) is 0 Å². The maximum Gasteiger partial charge on any atom is 0.262 e. The van der Waals surface area contributed by atoms with Crippen LogP contribution in [0.25, 0.3) is 5.69 Å². The molecule has 0 radical (unpaired) electrons. The highest BCUT2D eigenvalue weighted by atomic mass is 16.5. The van der Waals surface area contributed by atoms with Crippen molar-refractivity contribution in [2.75, 3.05) is 11.9 Å². The van der Waals surface area contributed by atoms with E-state index in [1.54, 1.807) is 12.1 Å². The van der Waals surface area contributed by atoms with Gasteiger partial charge in [-0.1, -0.05) is 23.8 Å². The van der Waals surface area contributed by atoms with Gasteiger partial charge in [-0.3, -0.25) is 4.79 Å². The number of aromatic nitrogens is 4. The molecule has 0 unspecified atom stereocenters. The highest BCUT2D eigenvalue weighted by Crippen LogP contribution is 2.16. The molecule has 3 aromatic rings. The normalized spacial score (nSPS) is 10.3. The van der Waals surface area contributed by atoms with Crippen LogP contribution in [-0.2, 0) is 4.79 Å². The number of amides is 1. The van der Waals surface area contributed by atoms with E-state index in [1.807, 2.05) is 43.3 Å². The second-order valence-electron chi connectivity index (χ2n) is 4.95. The smallest absolute Gasteiger partial charge is 0.262 e. The minimum absolute atomic E-state index is 0.0765. The SMILES string of the molecule is Cc1ccc(NC(=O)COc2cccc(-n3cnnn3)c2)cc1. The van der Waals surface area contributed by atoms with Gasteiger partial charge in [0.05, 0.1) is 5.69 Å². The molecule has 7 heteroatoms. The molecule has 23 heavy (non-hydrogen) atoms. The third-order valence-electron chi connectivity index (χ3n) is 3.14. The molecule has 0 spiro atoms. The van der Waals surface area contributed by atoms with Gasteiger partial charge < -0.3 is 10.1 Å². The van der Waals surface area contributed by atoms with E-state index >= 15 is 0 Å². The van der Waals surface area contributed by atoms with Gasteiger partial charge in [0.1, 0.15) is 12.1 Å². The van der Waals surface area contributed by atoms with Crippen LogP contribution in [0.4, 0.5) is 5.69 Å².